The van der Waals surface area contributed by atoms with E-state index in [1.54, 1.807) is 0 Å². The molecule has 0 bridgehead atoms. The van der Waals surface area contributed by atoms with Gasteiger partial charge in [0.2, 0.25) is 0 Å². The largest absolute Gasteiger partial charge is 0.479 e. The fraction of sp³-hybridized carbons (Fsp3) is 0.700. The molecule has 78 valence electrons. The smallest absolute Gasteiger partial charge is 0.332 e. The molecular formula is C10H15NO3. The average molecular weight is 197 g/mol. The Morgan fingerprint density at radius 2 is 2.43 bits per heavy atom. The highest BCUT2D eigenvalue weighted by Gasteiger charge is 2.29. The molecule has 1 fully saturated rings. The molecule has 0 amide bonds. The second-order valence-corrected chi connectivity index (χ2v) is 3.32. The Hall–Kier alpha value is -1.05. The van der Waals surface area contributed by atoms with Crippen LogP contribution < -0.4 is 5.32 Å². The van der Waals surface area contributed by atoms with Crippen LogP contribution in [0.4, 0.5) is 0 Å². The van der Waals surface area contributed by atoms with Crippen molar-refractivity contribution in [2.24, 2.45) is 0 Å². The molecule has 0 saturated carbocycles. The maximum atomic E-state index is 10.6. The maximum absolute atomic E-state index is 10.6. The van der Waals surface area contributed by atoms with Gasteiger partial charge in [0.15, 0.2) is 6.10 Å². The first-order valence-electron chi connectivity index (χ1n) is 4.76. The maximum Gasteiger partial charge on any atom is 0.332 e. The lowest BCUT2D eigenvalue weighted by Gasteiger charge is -2.11. The predicted octanol–water partition coefficient (Wildman–Crippen LogP) is 0.231. The summed E-state index contributed by atoms with van der Waals surface area (Å²) in [5.74, 6) is 1.66. The van der Waals surface area contributed by atoms with Crippen LogP contribution in [0.1, 0.15) is 19.3 Å². The van der Waals surface area contributed by atoms with Crippen molar-refractivity contribution in [3.8, 4) is 12.3 Å². The summed E-state index contributed by atoms with van der Waals surface area (Å²) >= 11 is 0. The van der Waals surface area contributed by atoms with Crippen LogP contribution in [0.2, 0.25) is 0 Å². The number of hydrogen-bond acceptors (Lipinski definition) is 3. The van der Waals surface area contributed by atoms with Gasteiger partial charge in [-0.2, -0.15) is 0 Å². The lowest BCUT2D eigenvalue weighted by Crippen LogP contribution is -2.29. The van der Waals surface area contributed by atoms with E-state index in [9.17, 15) is 4.79 Å². The quantitative estimate of drug-likeness (QED) is 0.489. The van der Waals surface area contributed by atoms with E-state index < -0.39 is 12.1 Å². The number of carbonyl (C=O) groups is 1. The first-order valence-corrected chi connectivity index (χ1v) is 4.76. The summed E-state index contributed by atoms with van der Waals surface area (Å²) in [5.41, 5.74) is 0. The van der Waals surface area contributed by atoms with Gasteiger partial charge in [0.25, 0.3) is 0 Å². The third-order valence-electron chi connectivity index (χ3n) is 2.20. The standard InChI is InChI=1S/C10H15NO3/c1-2-3-6-11-7-8-4-5-9(14-8)10(12)13/h1,8-9,11H,3-7H2,(H,12,13). The van der Waals surface area contributed by atoms with Crippen molar-refractivity contribution >= 4 is 5.97 Å². The third kappa shape index (κ3) is 3.36. The van der Waals surface area contributed by atoms with Crippen molar-refractivity contribution in [1.82, 2.24) is 5.32 Å². The van der Waals surface area contributed by atoms with Crippen molar-refractivity contribution < 1.29 is 14.6 Å². The lowest BCUT2D eigenvalue weighted by atomic mass is 10.2. The van der Waals surface area contributed by atoms with Gasteiger partial charge in [-0.1, -0.05) is 0 Å². The molecule has 2 atom stereocenters. The van der Waals surface area contributed by atoms with E-state index >= 15 is 0 Å². The summed E-state index contributed by atoms with van der Waals surface area (Å²) in [4.78, 5) is 10.6. The fourth-order valence-corrected chi connectivity index (χ4v) is 1.46. The lowest BCUT2D eigenvalue weighted by molar-refractivity contribution is -0.149. The minimum Gasteiger partial charge on any atom is -0.479 e. The van der Waals surface area contributed by atoms with Crippen LogP contribution >= 0.6 is 0 Å². The zero-order valence-electron chi connectivity index (χ0n) is 8.03. The minimum atomic E-state index is -0.865. The van der Waals surface area contributed by atoms with Gasteiger partial charge in [-0.15, -0.1) is 12.3 Å². The van der Waals surface area contributed by atoms with E-state index in [-0.39, 0.29) is 6.10 Å². The molecule has 4 nitrogen and oxygen atoms in total. The van der Waals surface area contributed by atoms with Crippen LogP contribution in [0.5, 0.6) is 0 Å². The highest BCUT2D eigenvalue weighted by Crippen LogP contribution is 2.18. The summed E-state index contributed by atoms with van der Waals surface area (Å²) in [6.45, 7) is 1.44. The number of aliphatic carboxylic acids is 1. The molecule has 1 rings (SSSR count). The van der Waals surface area contributed by atoms with E-state index in [4.69, 9.17) is 16.3 Å². The molecule has 4 heteroatoms. The van der Waals surface area contributed by atoms with Crippen molar-refractivity contribution in [3.63, 3.8) is 0 Å². The van der Waals surface area contributed by atoms with Gasteiger partial charge in [-0.3, -0.25) is 0 Å². The van der Waals surface area contributed by atoms with E-state index in [1.807, 2.05) is 0 Å². The molecule has 0 aromatic heterocycles. The Morgan fingerprint density at radius 3 is 3.00 bits per heavy atom. The average Bonchev–Trinajstić information content (AvgIpc) is 2.61. The molecule has 0 radical (unpaired) electrons. The molecule has 1 saturated heterocycles. The van der Waals surface area contributed by atoms with Gasteiger partial charge in [0, 0.05) is 19.5 Å². The van der Waals surface area contributed by atoms with Crippen molar-refractivity contribution in [2.45, 2.75) is 31.5 Å². The molecule has 1 heterocycles. The monoisotopic (exact) mass is 197 g/mol. The van der Waals surface area contributed by atoms with Gasteiger partial charge in [-0.05, 0) is 12.8 Å². The second-order valence-electron chi connectivity index (χ2n) is 3.32. The zero-order valence-corrected chi connectivity index (χ0v) is 8.03. The van der Waals surface area contributed by atoms with Crippen LogP contribution in [0.3, 0.4) is 0 Å². The third-order valence-corrected chi connectivity index (χ3v) is 2.20. The summed E-state index contributed by atoms with van der Waals surface area (Å²) < 4.78 is 5.29. The Labute approximate surface area is 83.6 Å². The summed E-state index contributed by atoms with van der Waals surface area (Å²) in [7, 11) is 0. The number of ether oxygens (including phenoxy) is 1. The van der Waals surface area contributed by atoms with E-state index in [0.717, 1.165) is 13.0 Å². The number of rotatable bonds is 5. The van der Waals surface area contributed by atoms with Gasteiger partial charge in [0.1, 0.15) is 0 Å². The Kier molecular flexibility index (Phi) is 4.44. The van der Waals surface area contributed by atoms with Crippen LogP contribution in [0, 0.1) is 12.3 Å². The summed E-state index contributed by atoms with van der Waals surface area (Å²) in [6.07, 6.45) is 6.59. The fourth-order valence-electron chi connectivity index (χ4n) is 1.46. The number of carboxylic acid groups (broad SMARTS) is 1. The topological polar surface area (TPSA) is 58.6 Å². The van der Waals surface area contributed by atoms with E-state index in [1.165, 1.54) is 0 Å². The molecule has 1 aliphatic heterocycles. The van der Waals surface area contributed by atoms with Gasteiger partial charge >= 0.3 is 5.97 Å². The molecular weight excluding hydrogens is 182 g/mol. The van der Waals surface area contributed by atoms with Gasteiger partial charge in [0.05, 0.1) is 6.10 Å². The van der Waals surface area contributed by atoms with E-state index in [0.29, 0.717) is 19.4 Å². The number of terminal acetylenes is 1. The summed E-state index contributed by atoms with van der Waals surface area (Å²) in [5, 5.41) is 11.8. The number of hydrogen-bond donors (Lipinski definition) is 2. The Balaban J connectivity index is 2.11. The van der Waals surface area contributed by atoms with Gasteiger partial charge in [-0.25, -0.2) is 4.79 Å². The van der Waals surface area contributed by atoms with E-state index in [2.05, 4.69) is 11.2 Å². The minimum absolute atomic E-state index is 0.0221. The summed E-state index contributed by atoms with van der Waals surface area (Å²) in [6, 6.07) is 0. The van der Waals surface area contributed by atoms with Crippen LogP contribution in [-0.4, -0.2) is 36.4 Å². The predicted molar refractivity (Wildman–Crippen MR) is 51.9 cm³/mol. The van der Waals surface area contributed by atoms with Crippen LogP contribution in [0.25, 0.3) is 0 Å². The van der Waals surface area contributed by atoms with Gasteiger partial charge < -0.3 is 15.2 Å². The molecule has 0 aromatic rings. The Bertz CT molecular complexity index is 234. The zero-order chi connectivity index (χ0) is 10.4. The highest BCUT2D eigenvalue weighted by atomic mass is 16.5. The molecule has 1 aliphatic rings. The molecule has 0 aromatic carbocycles. The molecule has 0 aliphatic carbocycles. The molecule has 2 unspecified atom stereocenters. The molecule has 2 N–H and O–H groups in total. The van der Waals surface area contributed by atoms with Crippen molar-refractivity contribution in [1.29, 1.82) is 0 Å². The first-order chi connectivity index (χ1) is 6.74. The second kappa shape index (κ2) is 5.63. The highest BCUT2D eigenvalue weighted by molar-refractivity contribution is 5.72. The SMILES string of the molecule is C#CCCNCC1CCC(C(=O)O)O1. The van der Waals surface area contributed by atoms with Crippen molar-refractivity contribution in [3.05, 3.63) is 0 Å². The molecule has 14 heavy (non-hydrogen) atoms. The number of nitrogens with one attached hydrogen (secondary N) is 1. The van der Waals surface area contributed by atoms with Crippen LogP contribution in [0.15, 0.2) is 0 Å². The first kappa shape index (κ1) is 11.0. The Morgan fingerprint density at radius 1 is 1.64 bits per heavy atom. The van der Waals surface area contributed by atoms with Crippen LogP contribution in [-0.2, 0) is 9.53 Å². The van der Waals surface area contributed by atoms with Crippen molar-refractivity contribution in [2.75, 3.05) is 13.1 Å². The number of carboxylic acids is 1. The normalized spacial score (nSPS) is 25.9. The molecule has 0 spiro atoms.